The number of hydrogen-bond donors (Lipinski definition) is 2. The lowest BCUT2D eigenvalue weighted by molar-refractivity contribution is -0.892. The largest absolute Gasteiger partial charge is 0.419 e. The number of carbonyl (C=O) groups excluding carboxylic acids is 1. The van der Waals surface area contributed by atoms with Crippen molar-refractivity contribution in [2.24, 2.45) is 5.92 Å². The van der Waals surface area contributed by atoms with E-state index in [1.165, 1.54) is 11.0 Å². The Morgan fingerprint density at radius 2 is 2.00 bits per heavy atom. The number of H-pyrrole nitrogens is 1. The van der Waals surface area contributed by atoms with Gasteiger partial charge in [-0.15, -0.1) is 0 Å². The fourth-order valence-electron chi connectivity index (χ4n) is 2.82. The Labute approximate surface area is 146 Å². The van der Waals surface area contributed by atoms with E-state index in [1.54, 1.807) is 0 Å². The number of aromatic amines is 1. The predicted octanol–water partition coefficient (Wildman–Crippen LogP) is 0.387. The maximum absolute atomic E-state index is 12.6. The van der Waals surface area contributed by atoms with Gasteiger partial charge >= 0.3 is 6.18 Å². The van der Waals surface area contributed by atoms with Crippen molar-refractivity contribution in [2.45, 2.75) is 26.4 Å². The maximum Gasteiger partial charge on any atom is 0.419 e. The van der Waals surface area contributed by atoms with Crippen LogP contribution in [-0.4, -0.2) is 45.2 Å². The second-order valence-corrected chi connectivity index (χ2v) is 6.91. The number of hydrogen-bond acceptors (Lipinski definition) is 2. The van der Waals surface area contributed by atoms with Crippen LogP contribution in [0.1, 0.15) is 25.8 Å². The molecule has 0 bridgehead atoms. The summed E-state index contributed by atoms with van der Waals surface area (Å²) in [7, 11) is 0. The first-order chi connectivity index (χ1) is 11.8. The molecule has 0 aromatic carbocycles. The normalized spacial score (nSPS) is 16.3. The summed E-state index contributed by atoms with van der Waals surface area (Å²) in [6, 6.07) is 2.56. The van der Waals surface area contributed by atoms with Gasteiger partial charge in [0.15, 0.2) is 6.54 Å². The van der Waals surface area contributed by atoms with Gasteiger partial charge in [0.1, 0.15) is 32.4 Å². The molecule has 0 atom stereocenters. The Morgan fingerprint density at radius 1 is 1.32 bits per heavy atom. The van der Waals surface area contributed by atoms with E-state index in [0.717, 1.165) is 31.8 Å². The van der Waals surface area contributed by atoms with Gasteiger partial charge in [-0.25, -0.2) is 4.98 Å². The Bertz CT molecular complexity index is 552. The van der Waals surface area contributed by atoms with E-state index in [0.29, 0.717) is 37.9 Å². The van der Waals surface area contributed by atoms with Gasteiger partial charge in [0.05, 0.1) is 5.56 Å². The molecule has 2 rings (SSSR count). The molecule has 5 nitrogen and oxygen atoms in total. The fraction of sp³-hybridized carbons (Fsp3) is 0.647. The molecule has 1 aliphatic heterocycles. The Kier molecular flexibility index (Phi) is 6.64. The van der Waals surface area contributed by atoms with Crippen molar-refractivity contribution in [1.29, 1.82) is 0 Å². The number of alkyl halides is 3. The Morgan fingerprint density at radius 3 is 2.52 bits per heavy atom. The van der Waals surface area contributed by atoms with Crippen molar-refractivity contribution >= 4 is 11.7 Å². The molecule has 1 fully saturated rings. The number of pyridine rings is 1. The highest BCUT2D eigenvalue weighted by Gasteiger charge is 2.33. The second kappa shape index (κ2) is 8.51. The van der Waals surface area contributed by atoms with Crippen LogP contribution in [0.2, 0.25) is 0 Å². The molecule has 1 aromatic heterocycles. The smallest absolute Gasteiger partial charge is 0.351 e. The van der Waals surface area contributed by atoms with E-state index in [2.05, 4.69) is 24.1 Å². The molecule has 1 saturated heterocycles. The van der Waals surface area contributed by atoms with Crippen LogP contribution in [0, 0.1) is 5.92 Å². The van der Waals surface area contributed by atoms with Crippen LogP contribution >= 0.6 is 0 Å². The minimum Gasteiger partial charge on any atom is -0.351 e. The van der Waals surface area contributed by atoms with Gasteiger partial charge in [-0.05, 0) is 18.4 Å². The molecular formula is C17H27F3N4O+2. The van der Waals surface area contributed by atoms with Crippen LogP contribution in [0.3, 0.4) is 0 Å². The maximum atomic E-state index is 12.6. The summed E-state index contributed by atoms with van der Waals surface area (Å²) < 4.78 is 37.8. The standard InChI is InChI=1S/C17H25F3N4O/c1-13(2)5-6-21-16(25)12-23-7-9-24(10-8-23)15-4-3-14(11-22-15)17(18,19)20/h3-4,11,13H,5-10,12H2,1-2H3,(H,21,25)/p+2. The summed E-state index contributed by atoms with van der Waals surface area (Å²) in [6.07, 6.45) is -2.36. The van der Waals surface area contributed by atoms with Crippen LogP contribution in [0.15, 0.2) is 18.3 Å². The number of nitrogens with zero attached hydrogens (tertiary/aromatic N) is 1. The van der Waals surface area contributed by atoms with Crippen LogP contribution in [0.5, 0.6) is 0 Å². The third-order valence-corrected chi connectivity index (χ3v) is 4.39. The SMILES string of the molecule is CC(C)CCNC(=O)C[NH+]1CCN(c2ccc(C(F)(F)F)c[nH+]2)CC1. The molecule has 0 radical (unpaired) electrons. The average molecular weight is 360 g/mol. The molecule has 25 heavy (non-hydrogen) atoms. The van der Waals surface area contributed by atoms with Crippen molar-refractivity contribution in [3.63, 3.8) is 0 Å². The summed E-state index contributed by atoms with van der Waals surface area (Å²) in [5.41, 5.74) is -0.682. The van der Waals surface area contributed by atoms with Gasteiger partial charge in [-0.1, -0.05) is 13.8 Å². The highest BCUT2D eigenvalue weighted by Crippen LogP contribution is 2.28. The van der Waals surface area contributed by atoms with Gasteiger partial charge in [0, 0.05) is 12.6 Å². The zero-order valence-electron chi connectivity index (χ0n) is 14.7. The van der Waals surface area contributed by atoms with Crippen molar-refractivity contribution in [2.75, 3.05) is 44.2 Å². The number of carbonyl (C=O) groups is 1. The summed E-state index contributed by atoms with van der Waals surface area (Å²) in [5.74, 6) is 1.30. The molecule has 1 aromatic rings. The number of nitrogens with one attached hydrogen (secondary N) is 3. The molecule has 2 heterocycles. The van der Waals surface area contributed by atoms with E-state index in [1.807, 2.05) is 4.90 Å². The van der Waals surface area contributed by atoms with Gasteiger partial charge in [0.2, 0.25) is 0 Å². The van der Waals surface area contributed by atoms with E-state index in [-0.39, 0.29) is 5.91 Å². The van der Waals surface area contributed by atoms with Crippen molar-refractivity contribution in [1.82, 2.24) is 5.32 Å². The summed E-state index contributed by atoms with van der Waals surface area (Å²) in [5, 5.41) is 2.94. The van der Waals surface area contributed by atoms with E-state index >= 15 is 0 Å². The minimum absolute atomic E-state index is 0.0604. The fourth-order valence-corrected chi connectivity index (χ4v) is 2.82. The topological polar surface area (TPSA) is 50.9 Å². The second-order valence-electron chi connectivity index (χ2n) is 6.91. The molecule has 1 amide bonds. The van der Waals surface area contributed by atoms with E-state index in [9.17, 15) is 18.0 Å². The molecule has 3 N–H and O–H groups in total. The third-order valence-electron chi connectivity index (χ3n) is 4.39. The molecule has 0 saturated carbocycles. The van der Waals surface area contributed by atoms with Crippen molar-refractivity contribution < 1.29 is 27.8 Å². The lowest BCUT2D eigenvalue weighted by Crippen LogP contribution is -3.16. The number of halogens is 3. The number of anilines is 1. The number of rotatable bonds is 6. The highest BCUT2D eigenvalue weighted by atomic mass is 19.4. The quantitative estimate of drug-likeness (QED) is 0.771. The van der Waals surface area contributed by atoms with E-state index < -0.39 is 11.7 Å². The lowest BCUT2D eigenvalue weighted by Gasteiger charge is -2.28. The molecule has 0 unspecified atom stereocenters. The summed E-state index contributed by atoms with van der Waals surface area (Å²) in [4.78, 5) is 17.9. The molecule has 1 aliphatic rings. The zero-order valence-corrected chi connectivity index (χ0v) is 14.7. The Balaban J connectivity index is 1.76. The van der Waals surface area contributed by atoms with Crippen LogP contribution in [-0.2, 0) is 11.0 Å². The first-order valence-electron chi connectivity index (χ1n) is 8.70. The molecule has 0 spiro atoms. The van der Waals surface area contributed by atoms with Gasteiger partial charge in [-0.2, -0.15) is 13.2 Å². The van der Waals surface area contributed by atoms with Crippen LogP contribution in [0.4, 0.5) is 19.0 Å². The highest BCUT2D eigenvalue weighted by molar-refractivity contribution is 5.76. The molecule has 8 heteroatoms. The molecule has 0 aliphatic carbocycles. The Hall–Kier alpha value is -1.83. The van der Waals surface area contributed by atoms with Gasteiger partial charge in [-0.3, -0.25) is 9.69 Å². The van der Waals surface area contributed by atoms with Crippen molar-refractivity contribution in [3.8, 4) is 0 Å². The predicted molar refractivity (Wildman–Crippen MR) is 88.2 cm³/mol. The number of quaternary nitrogens is 1. The summed E-state index contributed by atoms with van der Waals surface area (Å²) >= 11 is 0. The van der Waals surface area contributed by atoms with Gasteiger partial charge in [0.25, 0.3) is 11.7 Å². The van der Waals surface area contributed by atoms with Crippen LogP contribution < -0.4 is 20.1 Å². The average Bonchev–Trinajstić information content (AvgIpc) is 2.54. The zero-order chi connectivity index (χ0) is 18.4. The van der Waals surface area contributed by atoms with Gasteiger partial charge < -0.3 is 10.2 Å². The first-order valence-corrected chi connectivity index (χ1v) is 8.70. The number of aromatic nitrogens is 1. The van der Waals surface area contributed by atoms with Crippen LogP contribution in [0.25, 0.3) is 0 Å². The minimum atomic E-state index is -4.33. The first kappa shape index (κ1) is 19.5. The monoisotopic (exact) mass is 360 g/mol. The lowest BCUT2D eigenvalue weighted by atomic mass is 10.1. The third kappa shape index (κ3) is 6.19. The summed E-state index contributed by atoms with van der Waals surface area (Å²) in [6.45, 7) is 8.37. The number of amides is 1. The molecule has 140 valence electrons. The molecular weight excluding hydrogens is 333 g/mol. The van der Waals surface area contributed by atoms with Crippen molar-refractivity contribution in [3.05, 3.63) is 23.9 Å². The van der Waals surface area contributed by atoms with E-state index in [4.69, 9.17) is 0 Å². The number of piperazine rings is 1.